The summed E-state index contributed by atoms with van der Waals surface area (Å²) in [5, 5.41) is 20.4. The third kappa shape index (κ3) is 3.61. The summed E-state index contributed by atoms with van der Waals surface area (Å²) < 4.78 is 1.79. The van der Waals surface area contributed by atoms with E-state index in [0.717, 1.165) is 33.9 Å². The molecule has 1 aliphatic rings. The summed E-state index contributed by atoms with van der Waals surface area (Å²) in [4.78, 5) is 16.7. The largest absolute Gasteiger partial charge is 0.390 e. The van der Waals surface area contributed by atoms with Crippen molar-refractivity contribution in [3.05, 3.63) is 76.7 Å². The topological polar surface area (TPSA) is 92.1 Å². The molecule has 28 heavy (non-hydrogen) atoms. The molecule has 1 aromatic carbocycles. The summed E-state index contributed by atoms with van der Waals surface area (Å²) in [5.41, 5.74) is 4.89. The number of rotatable bonds is 4. The maximum Gasteiger partial charge on any atom is 0.315 e. The molecular formula is C21H23N5O2. The summed E-state index contributed by atoms with van der Waals surface area (Å²) in [6.45, 7) is 4.28. The van der Waals surface area contributed by atoms with E-state index in [1.165, 1.54) is 0 Å². The van der Waals surface area contributed by atoms with Crippen LogP contribution < -0.4 is 10.6 Å². The summed E-state index contributed by atoms with van der Waals surface area (Å²) in [6, 6.07) is 12.9. The van der Waals surface area contributed by atoms with E-state index in [9.17, 15) is 9.90 Å². The highest BCUT2D eigenvalue weighted by molar-refractivity contribution is 5.74. The molecule has 0 bridgehead atoms. The van der Waals surface area contributed by atoms with Gasteiger partial charge in [-0.3, -0.25) is 0 Å². The molecule has 0 spiro atoms. The second-order valence-corrected chi connectivity index (χ2v) is 7.14. The number of nitrogens with zero attached hydrogens (tertiary/aromatic N) is 3. The van der Waals surface area contributed by atoms with E-state index in [-0.39, 0.29) is 12.1 Å². The number of nitrogens with one attached hydrogen (secondary N) is 2. The van der Waals surface area contributed by atoms with Crippen LogP contribution in [0.4, 0.5) is 4.79 Å². The van der Waals surface area contributed by atoms with Gasteiger partial charge in [-0.25, -0.2) is 14.5 Å². The number of hydrogen-bond donors (Lipinski definition) is 3. The Kier molecular flexibility index (Phi) is 4.83. The number of benzene rings is 1. The number of aliphatic hydroxyl groups excluding tert-OH is 1. The Morgan fingerprint density at radius 3 is 2.79 bits per heavy atom. The Balaban J connectivity index is 1.36. The predicted molar refractivity (Wildman–Crippen MR) is 105 cm³/mol. The van der Waals surface area contributed by atoms with Gasteiger partial charge >= 0.3 is 6.03 Å². The predicted octanol–water partition coefficient (Wildman–Crippen LogP) is 2.34. The highest BCUT2D eigenvalue weighted by atomic mass is 16.3. The average Bonchev–Trinajstić information content (AvgIpc) is 3.19. The molecule has 2 atom stereocenters. The molecular weight excluding hydrogens is 354 g/mol. The van der Waals surface area contributed by atoms with Crippen molar-refractivity contribution in [3.8, 4) is 5.82 Å². The summed E-state index contributed by atoms with van der Waals surface area (Å²) in [5.74, 6) is 0.740. The van der Waals surface area contributed by atoms with Crippen molar-refractivity contribution in [3.63, 3.8) is 0 Å². The van der Waals surface area contributed by atoms with Crippen LogP contribution in [-0.2, 0) is 13.0 Å². The van der Waals surface area contributed by atoms with Gasteiger partial charge in [0.2, 0.25) is 0 Å². The van der Waals surface area contributed by atoms with E-state index in [1.807, 2.05) is 56.3 Å². The Morgan fingerprint density at radius 2 is 2.07 bits per heavy atom. The monoisotopic (exact) mass is 377 g/mol. The molecule has 1 aliphatic carbocycles. The first-order valence-electron chi connectivity index (χ1n) is 9.30. The van der Waals surface area contributed by atoms with Crippen molar-refractivity contribution in [2.45, 2.75) is 39.0 Å². The second kappa shape index (κ2) is 7.44. The van der Waals surface area contributed by atoms with Crippen molar-refractivity contribution >= 4 is 6.03 Å². The SMILES string of the molecule is Cc1cc(C)n(-c2ccc(CNC(=O)N[C@H]3c4ccccc4C[C@H]3O)cn2)n1. The minimum Gasteiger partial charge on any atom is -0.390 e. The number of amides is 2. The second-order valence-electron chi connectivity index (χ2n) is 7.14. The molecule has 0 unspecified atom stereocenters. The first-order chi connectivity index (χ1) is 13.5. The summed E-state index contributed by atoms with van der Waals surface area (Å²) >= 11 is 0. The highest BCUT2D eigenvalue weighted by Gasteiger charge is 2.31. The van der Waals surface area contributed by atoms with Gasteiger partial charge in [0.15, 0.2) is 5.82 Å². The van der Waals surface area contributed by atoms with Gasteiger partial charge < -0.3 is 15.7 Å². The molecule has 3 aromatic rings. The van der Waals surface area contributed by atoms with Crippen LogP contribution in [0.3, 0.4) is 0 Å². The summed E-state index contributed by atoms with van der Waals surface area (Å²) in [7, 11) is 0. The number of fused-ring (bicyclic) bond motifs is 1. The van der Waals surface area contributed by atoms with Crippen LogP contribution in [0, 0.1) is 13.8 Å². The number of carbonyl (C=O) groups excluding carboxylic acids is 1. The van der Waals surface area contributed by atoms with Crippen LogP contribution in [0.5, 0.6) is 0 Å². The number of urea groups is 1. The smallest absolute Gasteiger partial charge is 0.315 e. The van der Waals surface area contributed by atoms with Crippen molar-refractivity contribution in [2.75, 3.05) is 0 Å². The maximum atomic E-state index is 12.3. The third-order valence-electron chi connectivity index (χ3n) is 4.98. The Hall–Kier alpha value is -3.19. The fourth-order valence-electron chi connectivity index (χ4n) is 3.63. The van der Waals surface area contributed by atoms with E-state index in [0.29, 0.717) is 13.0 Å². The van der Waals surface area contributed by atoms with Gasteiger partial charge in [-0.05, 0) is 42.7 Å². The van der Waals surface area contributed by atoms with E-state index in [1.54, 1.807) is 10.9 Å². The zero-order valence-electron chi connectivity index (χ0n) is 15.9. The number of aryl methyl sites for hydroxylation is 2. The molecule has 3 N–H and O–H groups in total. The van der Waals surface area contributed by atoms with Gasteiger partial charge in [0.25, 0.3) is 0 Å². The minimum absolute atomic E-state index is 0.316. The lowest BCUT2D eigenvalue weighted by atomic mass is 10.1. The summed E-state index contributed by atoms with van der Waals surface area (Å²) in [6.07, 6.45) is 1.68. The van der Waals surface area contributed by atoms with E-state index in [4.69, 9.17) is 0 Å². The number of hydrogen-bond acceptors (Lipinski definition) is 4. The van der Waals surface area contributed by atoms with E-state index >= 15 is 0 Å². The molecule has 7 nitrogen and oxygen atoms in total. The molecule has 2 aromatic heterocycles. The molecule has 0 saturated carbocycles. The zero-order valence-corrected chi connectivity index (χ0v) is 15.9. The standard InChI is InChI=1S/C21H23N5O2/c1-13-9-14(2)26(25-13)19-8-7-15(11-22-19)12-23-21(28)24-20-17-6-4-3-5-16(17)10-18(20)27/h3-9,11,18,20,27H,10,12H2,1-2H3,(H2,23,24,28)/t18-,20+/m1/s1. The zero-order chi connectivity index (χ0) is 19.7. The molecule has 2 amide bonds. The molecule has 0 fully saturated rings. The Labute approximate surface area is 163 Å². The quantitative estimate of drug-likeness (QED) is 0.651. The van der Waals surface area contributed by atoms with Gasteiger partial charge in [-0.1, -0.05) is 30.3 Å². The first-order valence-corrected chi connectivity index (χ1v) is 9.30. The van der Waals surface area contributed by atoms with Gasteiger partial charge in [0.05, 0.1) is 17.8 Å². The molecule has 2 heterocycles. The number of aliphatic hydroxyl groups is 1. The molecule has 144 valence electrons. The normalized spacial score (nSPS) is 18.0. The molecule has 0 radical (unpaired) electrons. The van der Waals surface area contributed by atoms with Gasteiger partial charge in [-0.2, -0.15) is 5.10 Å². The van der Waals surface area contributed by atoms with E-state index in [2.05, 4.69) is 20.7 Å². The minimum atomic E-state index is -0.607. The fourth-order valence-corrected chi connectivity index (χ4v) is 3.63. The number of carbonyl (C=O) groups is 1. The van der Waals surface area contributed by atoms with Crippen LogP contribution in [0.25, 0.3) is 5.82 Å². The van der Waals surface area contributed by atoms with Crippen molar-refractivity contribution in [2.24, 2.45) is 0 Å². The van der Waals surface area contributed by atoms with Crippen molar-refractivity contribution in [1.82, 2.24) is 25.4 Å². The highest BCUT2D eigenvalue weighted by Crippen LogP contribution is 2.31. The first kappa shape index (κ1) is 18.2. The number of aromatic nitrogens is 3. The van der Waals surface area contributed by atoms with Gasteiger partial charge in [0.1, 0.15) is 0 Å². The van der Waals surface area contributed by atoms with E-state index < -0.39 is 6.10 Å². The third-order valence-corrected chi connectivity index (χ3v) is 4.98. The fraction of sp³-hybridized carbons (Fsp3) is 0.286. The van der Waals surface area contributed by atoms with Crippen LogP contribution >= 0.6 is 0 Å². The van der Waals surface area contributed by atoms with Crippen LogP contribution in [0.15, 0.2) is 48.7 Å². The van der Waals surface area contributed by atoms with Gasteiger partial charge in [0, 0.05) is 24.9 Å². The van der Waals surface area contributed by atoms with Crippen molar-refractivity contribution < 1.29 is 9.90 Å². The lowest BCUT2D eigenvalue weighted by molar-refractivity contribution is 0.142. The molecule has 0 saturated heterocycles. The molecule has 4 rings (SSSR count). The lowest BCUT2D eigenvalue weighted by Crippen LogP contribution is -2.40. The molecule has 7 heteroatoms. The van der Waals surface area contributed by atoms with Crippen LogP contribution in [0.1, 0.15) is 34.1 Å². The average molecular weight is 377 g/mol. The number of pyridine rings is 1. The van der Waals surface area contributed by atoms with Gasteiger partial charge in [-0.15, -0.1) is 0 Å². The van der Waals surface area contributed by atoms with Crippen LogP contribution in [0.2, 0.25) is 0 Å². The van der Waals surface area contributed by atoms with Crippen molar-refractivity contribution in [1.29, 1.82) is 0 Å². The molecule has 0 aliphatic heterocycles. The van der Waals surface area contributed by atoms with Crippen LogP contribution in [-0.4, -0.2) is 32.0 Å². The Morgan fingerprint density at radius 1 is 1.25 bits per heavy atom. The lowest BCUT2D eigenvalue weighted by Gasteiger charge is -2.18. The Bertz CT molecular complexity index is 996. The maximum absolute atomic E-state index is 12.3.